The van der Waals surface area contributed by atoms with Gasteiger partial charge in [-0.2, -0.15) is 8.42 Å². The van der Waals surface area contributed by atoms with E-state index in [-0.39, 0.29) is 22.6 Å². The lowest BCUT2D eigenvalue weighted by molar-refractivity contribution is -0.133. The Morgan fingerprint density at radius 2 is 1.68 bits per heavy atom. The van der Waals surface area contributed by atoms with Gasteiger partial charge in [0.15, 0.2) is 5.84 Å². The van der Waals surface area contributed by atoms with Crippen LogP contribution in [0.1, 0.15) is 50.5 Å². The van der Waals surface area contributed by atoms with Crippen LogP contribution in [-0.4, -0.2) is 43.6 Å². The number of nitrogens with one attached hydrogen (secondary N) is 2. The predicted molar refractivity (Wildman–Crippen MR) is 103 cm³/mol. The summed E-state index contributed by atoms with van der Waals surface area (Å²) in [6, 6.07) is 6.08. The normalized spacial score (nSPS) is 23.8. The average Bonchev–Trinajstić information content (AvgIpc) is 3.29. The third-order valence-corrected chi connectivity index (χ3v) is 7.05. The number of amides is 2. The van der Waals surface area contributed by atoms with Crippen LogP contribution in [0.3, 0.4) is 0 Å². The van der Waals surface area contributed by atoms with Gasteiger partial charge in [-0.3, -0.25) is 20.4 Å². The summed E-state index contributed by atoms with van der Waals surface area (Å²) < 4.78 is 28.5. The van der Waals surface area contributed by atoms with Gasteiger partial charge in [0, 0.05) is 18.0 Å². The lowest BCUT2D eigenvalue weighted by Gasteiger charge is -2.26. The van der Waals surface area contributed by atoms with Crippen molar-refractivity contribution in [3.63, 3.8) is 0 Å². The monoisotopic (exact) mass is 404 g/mol. The highest BCUT2D eigenvalue weighted by molar-refractivity contribution is 7.90. The van der Waals surface area contributed by atoms with Gasteiger partial charge in [0.25, 0.3) is 15.9 Å². The molecule has 150 valence electrons. The molecule has 0 radical (unpaired) electrons. The molecule has 1 atom stereocenters. The summed E-state index contributed by atoms with van der Waals surface area (Å²) in [6.07, 6.45) is 6.25. The first kappa shape index (κ1) is 18.9. The number of sulfonamides is 1. The summed E-state index contributed by atoms with van der Waals surface area (Å²) in [4.78, 5) is 26.9. The van der Waals surface area contributed by atoms with Crippen LogP contribution in [0.25, 0.3) is 0 Å². The minimum Gasteiger partial charge on any atom is -0.343 e. The Labute approximate surface area is 164 Å². The Hall–Kier alpha value is -2.42. The fraction of sp³-hybridized carbons (Fsp3) is 0.526. The van der Waals surface area contributed by atoms with E-state index in [0.717, 1.165) is 38.5 Å². The molecule has 28 heavy (non-hydrogen) atoms. The summed E-state index contributed by atoms with van der Waals surface area (Å²) in [7, 11) is -3.74. The first-order valence-electron chi connectivity index (χ1n) is 9.78. The smallest absolute Gasteiger partial charge is 0.285 e. The summed E-state index contributed by atoms with van der Waals surface area (Å²) in [5, 5.41) is 0. The molecular weight excluding hydrogens is 380 g/mol. The lowest BCUT2D eigenvalue weighted by Crippen LogP contribution is -2.52. The number of hydrogen-bond donors (Lipinski definition) is 2. The fourth-order valence-corrected chi connectivity index (χ4v) is 5.48. The van der Waals surface area contributed by atoms with Crippen LogP contribution in [0.4, 0.5) is 0 Å². The number of nitrogens with zero attached hydrogens (tertiary/aromatic N) is 2. The van der Waals surface area contributed by atoms with Crippen LogP contribution >= 0.6 is 0 Å². The van der Waals surface area contributed by atoms with Gasteiger partial charge in [0.2, 0.25) is 5.91 Å². The molecule has 2 aliphatic heterocycles. The van der Waals surface area contributed by atoms with E-state index >= 15 is 0 Å². The predicted octanol–water partition coefficient (Wildman–Crippen LogP) is 1.33. The van der Waals surface area contributed by atoms with Crippen molar-refractivity contribution < 1.29 is 18.0 Å². The molecule has 0 bridgehead atoms. The highest BCUT2D eigenvalue weighted by atomic mass is 32.2. The van der Waals surface area contributed by atoms with Gasteiger partial charge < -0.3 is 4.90 Å². The highest BCUT2D eigenvalue weighted by Crippen LogP contribution is 2.31. The number of amidine groups is 1. The van der Waals surface area contributed by atoms with Crippen LogP contribution in [0.2, 0.25) is 0 Å². The molecule has 8 nitrogen and oxygen atoms in total. The molecule has 9 heteroatoms. The molecule has 1 aromatic carbocycles. The standard InChI is InChI=1S/C19H24N4O4S/c24-18(13-7-2-1-3-8-13)20-21-19(25)15-10-6-12-23(15)17-14-9-4-5-11-16(14)28(26,27)22-17/h4-5,9,11,13,15H,1-3,6-8,10,12H2,(H,20,24)(H,21,25)/t15-/m0/s1. The molecule has 0 aromatic heterocycles. The summed E-state index contributed by atoms with van der Waals surface area (Å²) in [5.74, 6) is -0.230. The molecule has 1 aromatic rings. The number of hydrazine groups is 1. The lowest BCUT2D eigenvalue weighted by atomic mass is 9.89. The minimum absolute atomic E-state index is 0.0510. The second-order valence-corrected chi connectivity index (χ2v) is 9.12. The maximum Gasteiger partial charge on any atom is 0.285 e. The van der Waals surface area contributed by atoms with Crippen molar-refractivity contribution in [2.24, 2.45) is 10.3 Å². The highest BCUT2D eigenvalue weighted by Gasteiger charge is 2.39. The third kappa shape index (κ3) is 3.50. The van der Waals surface area contributed by atoms with Crippen LogP contribution in [0, 0.1) is 5.92 Å². The molecule has 2 fully saturated rings. The van der Waals surface area contributed by atoms with E-state index in [0.29, 0.717) is 24.4 Å². The maximum atomic E-state index is 12.7. The molecule has 3 aliphatic rings. The quantitative estimate of drug-likeness (QED) is 0.723. The number of hydrogen-bond acceptors (Lipinski definition) is 5. The van der Waals surface area contributed by atoms with E-state index in [9.17, 15) is 18.0 Å². The van der Waals surface area contributed by atoms with E-state index in [1.807, 2.05) is 0 Å². The second-order valence-electron chi connectivity index (χ2n) is 7.55. The minimum atomic E-state index is -3.74. The number of likely N-dealkylation sites (tertiary alicyclic amines) is 1. The van der Waals surface area contributed by atoms with Gasteiger partial charge in [-0.25, -0.2) is 0 Å². The van der Waals surface area contributed by atoms with E-state index in [1.54, 1.807) is 23.1 Å². The zero-order chi connectivity index (χ0) is 19.7. The first-order chi connectivity index (χ1) is 13.5. The Kier molecular flexibility index (Phi) is 5.09. The van der Waals surface area contributed by atoms with Crippen molar-refractivity contribution in [1.29, 1.82) is 0 Å². The molecule has 0 spiro atoms. The molecular formula is C19H24N4O4S. The van der Waals surface area contributed by atoms with Crippen molar-refractivity contribution in [2.75, 3.05) is 6.54 Å². The van der Waals surface area contributed by atoms with Crippen molar-refractivity contribution in [2.45, 2.75) is 55.9 Å². The number of fused-ring (bicyclic) bond motifs is 1. The summed E-state index contributed by atoms with van der Waals surface area (Å²) >= 11 is 0. The van der Waals surface area contributed by atoms with E-state index in [1.165, 1.54) is 6.07 Å². The first-order valence-corrected chi connectivity index (χ1v) is 11.2. The van der Waals surface area contributed by atoms with Crippen LogP contribution < -0.4 is 10.9 Å². The molecule has 4 rings (SSSR count). The number of carbonyl (C=O) groups is 2. The third-order valence-electron chi connectivity index (χ3n) is 5.72. The van der Waals surface area contributed by atoms with Crippen molar-refractivity contribution in [3.05, 3.63) is 29.8 Å². The van der Waals surface area contributed by atoms with Gasteiger partial charge in [-0.15, -0.1) is 4.40 Å². The zero-order valence-corrected chi connectivity index (χ0v) is 16.4. The summed E-state index contributed by atoms with van der Waals surface area (Å²) in [6.45, 7) is 0.539. The number of rotatable bonds is 2. The number of carbonyl (C=O) groups excluding carboxylic acids is 2. The SMILES string of the molecule is O=C(NNC(=O)[C@@H]1CCCN1C1=NS(=O)(=O)c2ccccc21)C1CCCCC1. The largest absolute Gasteiger partial charge is 0.343 e. The van der Waals surface area contributed by atoms with Crippen LogP contribution in [0.15, 0.2) is 33.6 Å². The molecule has 2 heterocycles. The van der Waals surface area contributed by atoms with Crippen molar-refractivity contribution >= 4 is 27.7 Å². The Bertz CT molecular complexity index is 922. The van der Waals surface area contributed by atoms with Crippen molar-refractivity contribution in [1.82, 2.24) is 15.8 Å². The van der Waals surface area contributed by atoms with Crippen molar-refractivity contribution in [3.8, 4) is 0 Å². The van der Waals surface area contributed by atoms with Gasteiger partial charge in [0.1, 0.15) is 10.9 Å². The molecule has 1 saturated heterocycles. The average molecular weight is 404 g/mol. The van der Waals surface area contributed by atoms with Crippen LogP contribution in [0.5, 0.6) is 0 Å². The van der Waals surface area contributed by atoms with E-state index in [4.69, 9.17) is 0 Å². The summed E-state index contributed by atoms with van der Waals surface area (Å²) in [5.41, 5.74) is 5.61. The molecule has 0 unspecified atom stereocenters. The maximum absolute atomic E-state index is 12.7. The number of benzene rings is 1. The second kappa shape index (κ2) is 7.54. The van der Waals surface area contributed by atoms with E-state index < -0.39 is 16.1 Å². The topological polar surface area (TPSA) is 108 Å². The van der Waals surface area contributed by atoms with Crippen LogP contribution in [-0.2, 0) is 19.6 Å². The van der Waals surface area contributed by atoms with Gasteiger partial charge in [-0.05, 0) is 37.8 Å². The zero-order valence-electron chi connectivity index (χ0n) is 15.6. The molecule has 2 amide bonds. The Morgan fingerprint density at radius 1 is 0.964 bits per heavy atom. The van der Waals surface area contributed by atoms with Gasteiger partial charge in [-0.1, -0.05) is 31.4 Å². The fourth-order valence-electron chi connectivity index (χ4n) is 4.26. The van der Waals surface area contributed by atoms with E-state index in [2.05, 4.69) is 15.2 Å². The Morgan fingerprint density at radius 3 is 2.46 bits per heavy atom. The molecule has 2 N–H and O–H groups in total. The molecule has 1 aliphatic carbocycles. The Balaban J connectivity index is 1.45. The van der Waals surface area contributed by atoms with Gasteiger partial charge >= 0.3 is 0 Å². The molecule has 1 saturated carbocycles. The van der Waals surface area contributed by atoms with Gasteiger partial charge in [0.05, 0.1) is 0 Å².